The smallest absolute Gasteiger partial charge is 0.313 e. The highest BCUT2D eigenvalue weighted by Gasteiger charge is 2.77. The summed E-state index contributed by atoms with van der Waals surface area (Å²) in [6.07, 6.45) is 4.53. The van der Waals surface area contributed by atoms with E-state index in [1.165, 1.54) is 4.90 Å². The van der Waals surface area contributed by atoms with E-state index in [0.717, 1.165) is 12.8 Å². The minimum absolute atomic E-state index is 0.199. The largest absolute Gasteiger partial charge is 0.455 e. The molecular formula is C34H46BrN3O7. The molecule has 3 aliphatic rings. The number of carbonyl (C=O) groups excluding carboxylic acids is 4. The molecule has 2 N–H and O–H groups in total. The van der Waals surface area contributed by atoms with Gasteiger partial charge in [0.2, 0.25) is 17.7 Å². The first-order valence-corrected chi connectivity index (χ1v) is 16.8. The van der Waals surface area contributed by atoms with Crippen LogP contribution in [0.25, 0.3) is 0 Å². The van der Waals surface area contributed by atoms with Gasteiger partial charge in [0.05, 0.1) is 36.6 Å². The highest BCUT2D eigenvalue weighted by Crippen LogP contribution is 2.61. The molecule has 0 aliphatic carbocycles. The molecule has 1 aromatic carbocycles. The first-order chi connectivity index (χ1) is 21.6. The summed E-state index contributed by atoms with van der Waals surface area (Å²) in [5.74, 6) is -3.50. The number of allylic oxidation sites excluding steroid dienone is 1. The standard InChI is InChI=1S/C34H46BrN3O7/c1-6-9-16-25(40)36-22(5)28(23-14-12-11-13-15-23)44-33(43)26-27-31(41)38(21(4)20-39)30(34(27)19-24(35)29(26)45-34)32(42)37(17-8-3)18-10-7-2/h6,8,11-15,21-22,24,26-30,39H,1,3,7,9-10,16-20H2,2,4-5H3,(H,36,40)/t21-,22+,24?,26-,27+,28+,29-,30-,34+/m1/s1. The van der Waals surface area contributed by atoms with Gasteiger partial charge in [0.15, 0.2) is 0 Å². The van der Waals surface area contributed by atoms with Gasteiger partial charge >= 0.3 is 5.97 Å². The quantitative estimate of drug-likeness (QED) is 0.154. The number of esters is 1. The summed E-state index contributed by atoms with van der Waals surface area (Å²) in [4.78, 5) is 58.2. The van der Waals surface area contributed by atoms with E-state index in [1.807, 2.05) is 37.3 Å². The summed E-state index contributed by atoms with van der Waals surface area (Å²) in [5, 5.41) is 13.1. The van der Waals surface area contributed by atoms with E-state index in [0.29, 0.717) is 31.5 Å². The van der Waals surface area contributed by atoms with Crippen molar-refractivity contribution in [2.45, 2.75) is 93.6 Å². The SMILES string of the molecule is C=CCCC(=O)N[C@@H](C)[C@H](OC(=O)[C@H]1[C@@H]2O[C@@]3(CC2Br)[C@@H]1C(=O)N([C@H](C)CO)[C@@H]3C(=O)N(CC=C)CCCC)c1ccccc1. The number of rotatable bonds is 16. The number of benzene rings is 1. The number of carbonyl (C=O) groups is 4. The summed E-state index contributed by atoms with van der Waals surface area (Å²) >= 11 is 3.69. The van der Waals surface area contributed by atoms with Crippen LogP contribution in [-0.2, 0) is 28.7 Å². The van der Waals surface area contributed by atoms with Gasteiger partial charge in [-0.05, 0) is 38.7 Å². The summed E-state index contributed by atoms with van der Waals surface area (Å²) in [5.41, 5.74) is -0.590. The lowest BCUT2D eigenvalue weighted by molar-refractivity contribution is -0.162. The zero-order valence-electron chi connectivity index (χ0n) is 26.4. The van der Waals surface area contributed by atoms with Gasteiger partial charge in [0.25, 0.3) is 0 Å². The Balaban J connectivity index is 1.69. The Morgan fingerprint density at radius 2 is 1.96 bits per heavy atom. The molecule has 1 spiro atoms. The van der Waals surface area contributed by atoms with Crippen molar-refractivity contribution in [2.24, 2.45) is 11.8 Å². The van der Waals surface area contributed by atoms with Gasteiger partial charge in [0, 0.05) is 24.3 Å². The zero-order chi connectivity index (χ0) is 32.9. The zero-order valence-corrected chi connectivity index (χ0v) is 28.0. The minimum Gasteiger partial charge on any atom is -0.455 e. The Hall–Kier alpha value is -3.02. The summed E-state index contributed by atoms with van der Waals surface area (Å²) in [6.45, 7) is 13.4. The molecule has 3 amide bonds. The van der Waals surface area contributed by atoms with E-state index in [-0.39, 0.29) is 29.7 Å². The molecule has 2 bridgehead atoms. The molecular weight excluding hydrogens is 642 g/mol. The molecule has 0 saturated carbocycles. The maximum atomic E-state index is 14.3. The van der Waals surface area contributed by atoms with Crippen LogP contribution in [-0.4, -0.2) is 93.0 Å². The van der Waals surface area contributed by atoms with Crippen LogP contribution in [0, 0.1) is 11.8 Å². The molecule has 3 aliphatic heterocycles. The Morgan fingerprint density at radius 3 is 2.58 bits per heavy atom. The van der Waals surface area contributed by atoms with Crippen molar-refractivity contribution in [1.29, 1.82) is 0 Å². The number of unbranched alkanes of at least 4 members (excludes halogenated alkanes) is 1. The molecule has 3 fully saturated rings. The van der Waals surface area contributed by atoms with Crippen LogP contribution in [0.5, 0.6) is 0 Å². The lowest BCUT2D eigenvalue weighted by atomic mass is 9.70. The van der Waals surface area contributed by atoms with Crippen LogP contribution in [0.1, 0.15) is 64.5 Å². The predicted octanol–water partition coefficient (Wildman–Crippen LogP) is 3.69. The third-order valence-electron chi connectivity index (χ3n) is 9.20. The van der Waals surface area contributed by atoms with Gasteiger partial charge in [-0.25, -0.2) is 0 Å². The summed E-state index contributed by atoms with van der Waals surface area (Å²) in [7, 11) is 0. The molecule has 11 heteroatoms. The Kier molecular flexibility index (Phi) is 11.7. The van der Waals surface area contributed by atoms with Crippen molar-refractivity contribution in [3.8, 4) is 0 Å². The van der Waals surface area contributed by atoms with E-state index in [9.17, 15) is 24.3 Å². The van der Waals surface area contributed by atoms with Crippen LogP contribution < -0.4 is 5.32 Å². The van der Waals surface area contributed by atoms with E-state index >= 15 is 0 Å². The number of hydrogen-bond acceptors (Lipinski definition) is 7. The monoisotopic (exact) mass is 687 g/mol. The molecule has 246 valence electrons. The average Bonchev–Trinajstić information content (AvgIpc) is 3.63. The highest BCUT2D eigenvalue weighted by atomic mass is 79.9. The van der Waals surface area contributed by atoms with Crippen molar-refractivity contribution >= 4 is 39.6 Å². The Morgan fingerprint density at radius 1 is 1.24 bits per heavy atom. The van der Waals surface area contributed by atoms with Gasteiger partial charge in [-0.2, -0.15) is 0 Å². The highest BCUT2D eigenvalue weighted by molar-refractivity contribution is 9.09. The third-order valence-corrected chi connectivity index (χ3v) is 10.0. The van der Waals surface area contributed by atoms with Crippen LogP contribution in [0.15, 0.2) is 55.6 Å². The fourth-order valence-electron chi connectivity index (χ4n) is 7.09. The molecule has 45 heavy (non-hydrogen) atoms. The second-order valence-corrected chi connectivity index (χ2v) is 13.5. The molecule has 9 atom stereocenters. The van der Waals surface area contributed by atoms with Crippen LogP contribution in [0.3, 0.4) is 0 Å². The summed E-state index contributed by atoms with van der Waals surface area (Å²) in [6, 6.07) is 6.86. The average molecular weight is 689 g/mol. The number of fused-ring (bicyclic) bond motifs is 1. The van der Waals surface area contributed by atoms with Gasteiger partial charge in [-0.3, -0.25) is 19.2 Å². The van der Waals surface area contributed by atoms with Gasteiger partial charge in [-0.1, -0.05) is 71.8 Å². The molecule has 0 radical (unpaired) electrons. The molecule has 0 aromatic heterocycles. The number of aliphatic hydroxyl groups is 1. The molecule has 3 saturated heterocycles. The number of aliphatic hydroxyl groups excluding tert-OH is 1. The molecule has 10 nitrogen and oxygen atoms in total. The molecule has 1 unspecified atom stereocenters. The fourth-order valence-corrected chi connectivity index (χ4v) is 8.03. The molecule has 3 heterocycles. The second-order valence-electron chi connectivity index (χ2n) is 12.3. The lowest BCUT2D eigenvalue weighted by Crippen LogP contribution is -2.58. The first-order valence-electron chi connectivity index (χ1n) is 15.9. The van der Waals surface area contributed by atoms with Crippen molar-refractivity contribution in [3.05, 3.63) is 61.2 Å². The summed E-state index contributed by atoms with van der Waals surface area (Å²) < 4.78 is 12.8. The van der Waals surface area contributed by atoms with Gasteiger partial charge in [-0.15, -0.1) is 13.2 Å². The number of nitrogens with zero attached hydrogens (tertiary/aromatic N) is 2. The van der Waals surface area contributed by atoms with E-state index in [1.54, 1.807) is 30.9 Å². The van der Waals surface area contributed by atoms with Crippen LogP contribution in [0.2, 0.25) is 0 Å². The number of likely N-dealkylation sites (tertiary alicyclic amines) is 1. The van der Waals surface area contributed by atoms with Crippen molar-refractivity contribution < 1.29 is 33.8 Å². The molecule has 1 aromatic rings. The van der Waals surface area contributed by atoms with Gasteiger partial charge in [0.1, 0.15) is 17.7 Å². The van der Waals surface area contributed by atoms with E-state index < -0.39 is 59.6 Å². The molecule has 4 rings (SSSR count). The first kappa shape index (κ1) is 34.8. The minimum atomic E-state index is -1.28. The third kappa shape index (κ3) is 6.76. The number of amides is 3. The van der Waals surface area contributed by atoms with Crippen molar-refractivity contribution in [1.82, 2.24) is 15.1 Å². The Labute approximate surface area is 274 Å². The number of alkyl halides is 1. The topological polar surface area (TPSA) is 125 Å². The van der Waals surface area contributed by atoms with E-state index in [4.69, 9.17) is 9.47 Å². The Bertz CT molecular complexity index is 1260. The number of nitrogens with one attached hydrogen (secondary N) is 1. The normalized spacial score (nSPS) is 28.6. The van der Waals surface area contributed by atoms with Crippen molar-refractivity contribution in [2.75, 3.05) is 19.7 Å². The van der Waals surface area contributed by atoms with Gasteiger partial charge < -0.3 is 29.7 Å². The van der Waals surface area contributed by atoms with Crippen LogP contribution in [0.4, 0.5) is 0 Å². The predicted molar refractivity (Wildman–Crippen MR) is 173 cm³/mol. The van der Waals surface area contributed by atoms with Crippen molar-refractivity contribution in [3.63, 3.8) is 0 Å². The van der Waals surface area contributed by atoms with E-state index in [2.05, 4.69) is 34.4 Å². The second kappa shape index (κ2) is 15.0. The maximum Gasteiger partial charge on any atom is 0.313 e. The number of hydrogen-bond donors (Lipinski definition) is 2. The lowest BCUT2D eigenvalue weighted by Gasteiger charge is -2.38. The fraction of sp³-hybridized carbons (Fsp3) is 0.588. The number of halogens is 1. The number of ether oxygens (including phenoxy) is 2. The van der Waals surface area contributed by atoms with Crippen LogP contribution >= 0.6 is 15.9 Å². The maximum absolute atomic E-state index is 14.3.